The van der Waals surface area contributed by atoms with Crippen LogP contribution in [0, 0.1) is 5.92 Å². The van der Waals surface area contributed by atoms with Crippen LogP contribution in [0.1, 0.15) is 265 Å². The van der Waals surface area contributed by atoms with Gasteiger partial charge in [0.1, 0.15) is 25.6 Å². The maximum Gasteiger partial charge on any atom is 0.472 e. The molecule has 33 heteroatoms. The first kappa shape index (κ1) is 101. The third-order valence-corrected chi connectivity index (χ3v) is 21.5. The van der Waals surface area contributed by atoms with E-state index in [4.69, 9.17) is 43.2 Å². The van der Waals surface area contributed by atoms with Crippen LogP contribution in [0.4, 0.5) is 0 Å². The maximum absolute atomic E-state index is 12.9. The zero-order valence-corrected chi connectivity index (χ0v) is 66.9. The van der Waals surface area contributed by atoms with E-state index < -0.39 is 130 Å². The van der Waals surface area contributed by atoms with Gasteiger partial charge in [0.25, 0.3) is 0 Å². The molecule has 8 N–H and O–H groups in total. The quantitative estimate of drug-likeness (QED) is 0.0171. The Labute approximate surface area is 632 Å². The van der Waals surface area contributed by atoms with E-state index in [-0.39, 0.29) is 141 Å². The van der Waals surface area contributed by atoms with Gasteiger partial charge < -0.3 is 65.6 Å². The molecule has 0 rings (SSSR count). The molecule has 106 heavy (non-hydrogen) atoms. The molecule has 0 aliphatic rings. The lowest BCUT2D eigenvalue weighted by Crippen LogP contribution is -2.33. The first-order valence-corrected chi connectivity index (χ1v) is 44.3. The van der Waals surface area contributed by atoms with Gasteiger partial charge in [-0.3, -0.25) is 57.0 Å². The Morgan fingerprint density at radius 2 is 0.811 bits per heavy atom. The Kier molecular flexibility index (Phi) is 64.8. The Morgan fingerprint density at radius 3 is 1.27 bits per heavy atom. The van der Waals surface area contributed by atoms with Crippen molar-refractivity contribution in [2.45, 2.75) is 271 Å². The molecule has 0 spiro atoms. The van der Waals surface area contributed by atoms with E-state index in [1.807, 2.05) is 0 Å². The molecule has 0 radical (unpaired) electrons. The first-order chi connectivity index (χ1) is 50.8. The van der Waals surface area contributed by atoms with E-state index >= 15 is 0 Å². The van der Waals surface area contributed by atoms with Gasteiger partial charge in [0.15, 0.2) is 31.6 Å². The highest BCUT2D eigenvalue weighted by atomic mass is 32.2. The molecule has 0 saturated heterocycles. The molecular weight excluding hydrogens is 1440 g/mol. The molecule has 0 fully saturated rings. The minimum atomic E-state index is -4.79. The van der Waals surface area contributed by atoms with E-state index in [1.54, 1.807) is 6.92 Å². The van der Waals surface area contributed by atoms with Crippen molar-refractivity contribution < 1.29 is 112 Å². The van der Waals surface area contributed by atoms with Gasteiger partial charge in [-0.05, 0) is 32.1 Å². The number of phosphoric ester groups is 1. The lowest BCUT2D eigenvalue weighted by molar-refractivity contribution is -0.161. The van der Waals surface area contributed by atoms with Crippen molar-refractivity contribution in [2.24, 2.45) is 11.7 Å². The molecule has 0 aromatic carbocycles. The molecule has 6 amide bonds. The van der Waals surface area contributed by atoms with Crippen molar-refractivity contribution in [3.05, 3.63) is 0 Å². The van der Waals surface area contributed by atoms with Crippen LogP contribution in [0.15, 0.2) is 0 Å². The number of Topliss-reactive ketones (excluding diaryl/α,β-unsaturated/α-hetero) is 2. The molecule has 0 heterocycles. The zero-order chi connectivity index (χ0) is 78.6. The summed E-state index contributed by atoms with van der Waals surface area (Å²) in [6, 6.07) is 0. The summed E-state index contributed by atoms with van der Waals surface area (Å²) >= 11 is 0. The fraction of sp³-hybridized carbons (Fsp3) is 0.863. The summed E-state index contributed by atoms with van der Waals surface area (Å²) in [4.78, 5) is 132. The summed E-state index contributed by atoms with van der Waals surface area (Å²) < 4.78 is 106. The highest BCUT2D eigenvalue weighted by Crippen LogP contribution is 2.43. The number of hydrogen-bond acceptors (Lipinski definition) is 23. The van der Waals surface area contributed by atoms with Crippen LogP contribution in [-0.4, -0.2) is 215 Å². The zero-order valence-electron chi connectivity index (χ0n) is 64.3. The number of amides is 6. The number of unbranched alkanes of at least 4 members (excludes halogenated alkanes) is 25. The summed E-state index contributed by atoms with van der Waals surface area (Å²) in [6.07, 6.45) is 29.4. The number of ketones is 2. The lowest BCUT2D eigenvalue weighted by atomic mass is 9.95. The summed E-state index contributed by atoms with van der Waals surface area (Å²) in [6.45, 7) is 4.76. The molecular formula is C73H135N6O24PS2. The molecule has 3 atom stereocenters. The van der Waals surface area contributed by atoms with Crippen LogP contribution in [0.5, 0.6) is 0 Å². The number of ether oxygens (including phenoxy) is 6. The molecule has 0 saturated carbocycles. The third-order valence-electron chi connectivity index (χ3n) is 17.0. The third kappa shape index (κ3) is 68.2. The van der Waals surface area contributed by atoms with Gasteiger partial charge in [-0.25, -0.2) is 21.4 Å². The monoisotopic (exact) mass is 1570 g/mol. The summed E-state index contributed by atoms with van der Waals surface area (Å²) in [5.74, 6) is -7.50. The van der Waals surface area contributed by atoms with E-state index in [9.17, 15) is 74.2 Å². The van der Waals surface area contributed by atoms with E-state index in [0.717, 1.165) is 44.9 Å². The number of carbonyl (C=O) groups is 10. The fourth-order valence-electron chi connectivity index (χ4n) is 10.7. The Bertz CT molecular complexity index is 2680. The van der Waals surface area contributed by atoms with E-state index in [1.165, 1.54) is 109 Å². The second-order valence-electron chi connectivity index (χ2n) is 26.8. The van der Waals surface area contributed by atoms with Crippen LogP contribution in [0.25, 0.3) is 0 Å². The van der Waals surface area contributed by atoms with Crippen molar-refractivity contribution in [3.63, 3.8) is 0 Å². The second-order valence-corrected chi connectivity index (χ2v) is 32.8. The Morgan fingerprint density at radius 1 is 0.396 bits per heavy atom. The van der Waals surface area contributed by atoms with Gasteiger partial charge in [-0.1, -0.05) is 181 Å². The summed E-state index contributed by atoms with van der Waals surface area (Å²) in [5.41, 5.74) is 5.46. The van der Waals surface area contributed by atoms with Gasteiger partial charge in [-0.2, -0.15) is 0 Å². The van der Waals surface area contributed by atoms with Crippen molar-refractivity contribution in [1.29, 1.82) is 0 Å². The second kappa shape index (κ2) is 68.0. The van der Waals surface area contributed by atoms with Crippen LogP contribution in [0.2, 0.25) is 0 Å². The number of sulfone groups is 2. The average Bonchev–Trinajstić information content (AvgIpc) is 0.940. The first-order valence-electron chi connectivity index (χ1n) is 39.2. The van der Waals surface area contributed by atoms with Crippen molar-refractivity contribution in [2.75, 3.05) is 128 Å². The molecule has 0 aromatic heterocycles. The van der Waals surface area contributed by atoms with Crippen molar-refractivity contribution >= 4 is 86.4 Å². The molecule has 0 aliphatic carbocycles. The number of esters is 2. The minimum absolute atomic E-state index is 0.0115. The van der Waals surface area contributed by atoms with Crippen molar-refractivity contribution in [3.8, 4) is 0 Å². The summed E-state index contributed by atoms with van der Waals surface area (Å²) in [7, 11) is -12.5. The number of primary amides is 1. The topological polar surface area (TPSA) is 436 Å². The largest absolute Gasteiger partial charge is 0.472 e. The number of nitrogens with two attached hydrogens (primary N) is 1. The van der Waals surface area contributed by atoms with Gasteiger partial charge in [0.2, 0.25) is 35.4 Å². The number of carbonyl (C=O) groups excluding carboxylic acids is 10. The van der Waals surface area contributed by atoms with Crippen molar-refractivity contribution in [1.82, 2.24) is 26.6 Å². The highest BCUT2D eigenvalue weighted by molar-refractivity contribution is 7.92. The van der Waals surface area contributed by atoms with Crippen LogP contribution in [-0.2, 0) is 110 Å². The highest BCUT2D eigenvalue weighted by Gasteiger charge is 2.27. The fourth-order valence-corrected chi connectivity index (χ4v) is 14.2. The number of hydrogen-bond donors (Lipinski definition) is 7. The van der Waals surface area contributed by atoms with Crippen LogP contribution < -0.4 is 32.3 Å². The minimum Gasteiger partial charge on any atom is -0.462 e. The Balaban J connectivity index is 4.37. The van der Waals surface area contributed by atoms with Crippen LogP contribution in [0.3, 0.4) is 0 Å². The number of phosphoric acid groups is 1. The molecule has 0 aliphatic heterocycles. The normalized spacial score (nSPS) is 12.7. The molecule has 30 nitrogen and oxygen atoms in total. The van der Waals surface area contributed by atoms with Gasteiger partial charge >= 0.3 is 19.8 Å². The SMILES string of the molecule is CCCCCCCCCCCCCCCC(=O)OCC(COP(=O)(O)OCCNC(=O)CCS(=O)(=O)CCCS(=O)(=O)CCC(=O)NCCOCCOCC(=O)NCCOCCOCC(=O)NCCCC[C@H](CC(=O)CNC(=O)CCC(=O)CC)C(N)=O)OC(=O)CCCCCCCCCCCCCCC. The predicted octanol–water partition coefficient (Wildman–Crippen LogP) is 8.18. The standard InChI is InChI=1S/C73H135N6O24PS2/c1-4-7-9-11-13-15-17-19-21-23-25-27-29-35-71(87)100-58-65(103-72(88)36-30-28-26-24-22-20-18-16-14-12-10-8-5-2)59-102-104(90,91)101-47-44-77-68(84)40-55-106(94,95)53-33-52-105(92,93)54-39-67(83)76-42-45-96-48-51-99-61-70(86)78-43-46-97-49-50-98-60-69(85)75-41-32-31-34-62(73(74)89)56-64(81)57-79-66(82)38-37-63(80)6-3/h62,65H,4-61H2,1-3H3,(H2,74,89)(H,75,85)(H,76,83)(H,77,84)(H,78,86)(H,79,82)(H,90,91)/t62-,65?/m1/s1. The smallest absolute Gasteiger partial charge is 0.462 e. The van der Waals surface area contributed by atoms with E-state index in [2.05, 4.69) is 40.4 Å². The summed E-state index contributed by atoms with van der Waals surface area (Å²) in [5, 5.41) is 12.7. The maximum atomic E-state index is 12.9. The van der Waals surface area contributed by atoms with Crippen LogP contribution >= 0.6 is 7.82 Å². The Hall–Kier alpha value is -5.05. The predicted molar refractivity (Wildman–Crippen MR) is 403 cm³/mol. The number of nitrogens with one attached hydrogen (secondary N) is 5. The van der Waals surface area contributed by atoms with Gasteiger partial charge in [0.05, 0.1) is 82.4 Å². The molecule has 618 valence electrons. The molecule has 0 bridgehead atoms. The van der Waals surface area contributed by atoms with Gasteiger partial charge in [-0.15, -0.1) is 0 Å². The molecule has 2 unspecified atom stereocenters. The number of rotatable bonds is 78. The van der Waals surface area contributed by atoms with Gasteiger partial charge in [0, 0.05) is 83.5 Å². The lowest BCUT2D eigenvalue weighted by Gasteiger charge is -2.20. The molecule has 0 aromatic rings. The average molecular weight is 1580 g/mol. The van der Waals surface area contributed by atoms with E-state index in [0.29, 0.717) is 45.1 Å².